The predicted octanol–water partition coefficient (Wildman–Crippen LogP) is 1.16. The van der Waals surface area contributed by atoms with Crippen LogP contribution < -0.4 is 0 Å². The Labute approximate surface area is 80.0 Å². The highest BCUT2D eigenvalue weighted by molar-refractivity contribution is 4.86. The number of hydrogen-bond acceptors (Lipinski definition) is 3. The van der Waals surface area contributed by atoms with Crippen molar-refractivity contribution in [2.24, 2.45) is 0 Å². The zero-order valence-corrected chi connectivity index (χ0v) is 8.32. The van der Waals surface area contributed by atoms with Crippen LogP contribution in [0.25, 0.3) is 0 Å². The SMILES string of the molecule is C#CCC(O)CC(OCC)OCC. The van der Waals surface area contributed by atoms with Gasteiger partial charge in [0.1, 0.15) is 0 Å². The van der Waals surface area contributed by atoms with Gasteiger partial charge in [0.15, 0.2) is 6.29 Å². The minimum Gasteiger partial charge on any atom is -0.392 e. The summed E-state index contributed by atoms with van der Waals surface area (Å²) in [6.45, 7) is 4.93. The molecule has 1 atom stereocenters. The van der Waals surface area contributed by atoms with E-state index in [0.717, 1.165) is 0 Å². The van der Waals surface area contributed by atoms with Crippen molar-refractivity contribution in [1.29, 1.82) is 0 Å². The molecule has 0 saturated heterocycles. The molecule has 3 nitrogen and oxygen atoms in total. The molecule has 0 saturated carbocycles. The van der Waals surface area contributed by atoms with Crippen molar-refractivity contribution in [2.75, 3.05) is 13.2 Å². The van der Waals surface area contributed by atoms with Gasteiger partial charge >= 0.3 is 0 Å². The van der Waals surface area contributed by atoms with Crippen LogP contribution in [-0.2, 0) is 9.47 Å². The summed E-state index contributed by atoms with van der Waals surface area (Å²) >= 11 is 0. The molecule has 0 aliphatic carbocycles. The molecule has 0 amide bonds. The van der Waals surface area contributed by atoms with Gasteiger partial charge in [-0.1, -0.05) is 0 Å². The van der Waals surface area contributed by atoms with Crippen molar-refractivity contribution in [3.05, 3.63) is 0 Å². The van der Waals surface area contributed by atoms with E-state index < -0.39 is 6.10 Å². The molecule has 0 aromatic carbocycles. The summed E-state index contributed by atoms with van der Waals surface area (Å²) in [5, 5.41) is 9.37. The molecule has 0 aliphatic rings. The fraction of sp³-hybridized carbons (Fsp3) is 0.800. The predicted molar refractivity (Wildman–Crippen MR) is 51.1 cm³/mol. The van der Waals surface area contributed by atoms with Crippen LogP contribution in [0.2, 0.25) is 0 Å². The molecule has 1 unspecified atom stereocenters. The Bertz CT molecular complexity index is 145. The van der Waals surface area contributed by atoms with Crippen LogP contribution in [-0.4, -0.2) is 30.7 Å². The Balaban J connectivity index is 3.72. The maximum Gasteiger partial charge on any atom is 0.160 e. The summed E-state index contributed by atoms with van der Waals surface area (Å²) < 4.78 is 10.5. The molecule has 0 bridgehead atoms. The van der Waals surface area contributed by atoms with E-state index in [1.807, 2.05) is 13.8 Å². The van der Waals surface area contributed by atoms with Crippen LogP contribution in [0.3, 0.4) is 0 Å². The Kier molecular flexibility index (Phi) is 7.71. The van der Waals surface area contributed by atoms with E-state index in [4.69, 9.17) is 15.9 Å². The van der Waals surface area contributed by atoms with Crippen molar-refractivity contribution in [3.8, 4) is 12.3 Å². The van der Waals surface area contributed by atoms with Crippen LogP contribution in [0.4, 0.5) is 0 Å². The molecule has 0 heterocycles. The van der Waals surface area contributed by atoms with E-state index in [1.165, 1.54) is 0 Å². The number of terminal acetylenes is 1. The monoisotopic (exact) mass is 186 g/mol. The molecule has 3 heteroatoms. The van der Waals surface area contributed by atoms with Gasteiger partial charge in [-0.2, -0.15) is 0 Å². The lowest BCUT2D eigenvalue weighted by molar-refractivity contribution is -0.151. The Morgan fingerprint density at radius 2 is 1.85 bits per heavy atom. The summed E-state index contributed by atoms with van der Waals surface area (Å²) in [6, 6.07) is 0. The molecule has 1 N–H and O–H groups in total. The molecule has 0 aliphatic heterocycles. The fourth-order valence-corrected chi connectivity index (χ4v) is 0.998. The van der Waals surface area contributed by atoms with Crippen LogP contribution >= 0.6 is 0 Å². The highest BCUT2D eigenvalue weighted by Crippen LogP contribution is 2.07. The fourth-order valence-electron chi connectivity index (χ4n) is 0.998. The van der Waals surface area contributed by atoms with Gasteiger partial charge < -0.3 is 14.6 Å². The van der Waals surface area contributed by atoms with Crippen molar-refractivity contribution in [3.63, 3.8) is 0 Å². The summed E-state index contributed by atoms with van der Waals surface area (Å²) in [5.41, 5.74) is 0. The first-order chi connectivity index (χ1) is 6.24. The lowest BCUT2D eigenvalue weighted by Gasteiger charge is -2.18. The second-order valence-electron chi connectivity index (χ2n) is 2.64. The van der Waals surface area contributed by atoms with Gasteiger partial charge in [0.2, 0.25) is 0 Å². The van der Waals surface area contributed by atoms with Gasteiger partial charge in [0.25, 0.3) is 0 Å². The maximum absolute atomic E-state index is 9.37. The van der Waals surface area contributed by atoms with E-state index in [1.54, 1.807) is 0 Å². The summed E-state index contributed by atoms with van der Waals surface area (Å²) in [7, 11) is 0. The minimum absolute atomic E-state index is 0.335. The van der Waals surface area contributed by atoms with Crippen molar-refractivity contribution in [1.82, 2.24) is 0 Å². The number of rotatable bonds is 7. The molecule has 13 heavy (non-hydrogen) atoms. The van der Waals surface area contributed by atoms with E-state index in [0.29, 0.717) is 26.1 Å². The standard InChI is InChI=1S/C10H18O3/c1-4-7-9(11)8-10(12-5-2)13-6-3/h1,9-11H,5-8H2,2-3H3. The number of ether oxygens (including phenoxy) is 2. The van der Waals surface area contributed by atoms with Gasteiger partial charge in [0, 0.05) is 26.1 Å². The van der Waals surface area contributed by atoms with E-state index >= 15 is 0 Å². The van der Waals surface area contributed by atoms with E-state index in [2.05, 4.69) is 5.92 Å². The van der Waals surface area contributed by atoms with Gasteiger partial charge in [-0.25, -0.2) is 0 Å². The minimum atomic E-state index is -0.534. The van der Waals surface area contributed by atoms with Gasteiger partial charge in [-0.05, 0) is 13.8 Å². The van der Waals surface area contributed by atoms with Gasteiger partial charge in [0.05, 0.1) is 6.10 Å². The molecule has 0 fully saturated rings. The third-order valence-electron chi connectivity index (χ3n) is 1.52. The quantitative estimate of drug-likeness (QED) is 0.479. The van der Waals surface area contributed by atoms with Crippen molar-refractivity contribution in [2.45, 2.75) is 39.1 Å². The molecule has 0 radical (unpaired) electrons. The highest BCUT2D eigenvalue weighted by Gasteiger charge is 2.13. The third kappa shape index (κ3) is 6.59. The average molecular weight is 186 g/mol. The summed E-state index contributed by atoms with van der Waals surface area (Å²) in [6.07, 6.45) is 4.97. The first-order valence-electron chi connectivity index (χ1n) is 4.59. The van der Waals surface area contributed by atoms with Gasteiger partial charge in [-0.15, -0.1) is 12.3 Å². The lowest BCUT2D eigenvalue weighted by Crippen LogP contribution is -2.23. The average Bonchev–Trinajstić information content (AvgIpc) is 2.05. The third-order valence-corrected chi connectivity index (χ3v) is 1.52. The van der Waals surface area contributed by atoms with Crippen molar-refractivity contribution >= 4 is 0 Å². The number of aliphatic hydroxyl groups is 1. The molecule has 0 aromatic heterocycles. The second kappa shape index (κ2) is 8.06. The molecule has 0 spiro atoms. The van der Waals surface area contributed by atoms with E-state index in [9.17, 15) is 5.11 Å². The molecule has 76 valence electrons. The molecule has 0 aromatic rings. The summed E-state index contributed by atoms with van der Waals surface area (Å²) in [5.74, 6) is 2.40. The van der Waals surface area contributed by atoms with Crippen LogP contribution in [0.5, 0.6) is 0 Å². The smallest absolute Gasteiger partial charge is 0.160 e. The van der Waals surface area contributed by atoms with Crippen LogP contribution in [0.15, 0.2) is 0 Å². The first kappa shape index (κ1) is 12.4. The van der Waals surface area contributed by atoms with Crippen LogP contribution in [0.1, 0.15) is 26.7 Å². The van der Waals surface area contributed by atoms with Crippen molar-refractivity contribution < 1.29 is 14.6 Å². The Morgan fingerprint density at radius 1 is 1.31 bits per heavy atom. The van der Waals surface area contributed by atoms with Crippen LogP contribution in [0, 0.1) is 12.3 Å². The molecular weight excluding hydrogens is 168 g/mol. The largest absolute Gasteiger partial charge is 0.392 e. The topological polar surface area (TPSA) is 38.7 Å². The zero-order chi connectivity index (χ0) is 10.1. The Morgan fingerprint density at radius 3 is 2.23 bits per heavy atom. The number of hydrogen-bond donors (Lipinski definition) is 1. The second-order valence-corrected chi connectivity index (χ2v) is 2.64. The normalized spacial score (nSPS) is 12.8. The first-order valence-corrected chi connectivity index (χ1v) is 4.59. The summed E-state index contributed by atoms with van der Waals surface area (Å²) in [4.78, 5) is 0. The zero-order valence-electron chi connectivity index (χ0n) is 8.32. The van der Waals surface area contributed by atoms with E-state index in [-0.39, 0.29) is 6.29 Å². The maximum atomic E-state index is 9.37. The highest BCUT2D eigenvalue weighted by atomic mass is 16.7. The number of aliphatic hydroxyl groups excluding tert-OH is 1. The Hall–Kier alpha value is -0.560. The van der Waals surface area contributed by atoms with Gasteiger partial charge in [-0.3, -0.25) is 0 Å². The lowest BCUT2D eigenvalue weighted by atomic mass is 10.2. The molecular formula is C10H18O3. The molecule has 0 rings (SSSR count).